The number of nitrogens with one attached hydrogen (secondary N) is 1. The van der Waals surface area contributed by atoms with Gasteiger partial charge in [0.05, 0.1) is 6.42 Å². The zero-order valence-electron chi connectivity index (χ0n) is 8.98. The van der Waals surface area contributed by atoms with Crippen molar-refractivity contribution in [1.29, 1.82) is 0 Å². The van der Waals surface area contributed by atoms with Crippen LogP contribution in [-0.4, -0.2) is 22.6 Å². The van der Waals surface area contributed by atoms with Gasteiger partial charge in [0, 0.05) is 23.2 Å². The smallest absolute Gasteiger partial charge is 0.305 e. The van der Waals surface area contributed by atoms with Crippen molar-refractivity contribution in [3.8, 4) is 0 Å². The number of fused-ring (bicyclic) bond motifs is 1. The Kier molecular flexibility index (Phi) is 3.44. The minimum absolute atomic E-state index is 0.0542. The highest BCUT2D eigenvalue weighted by molar-refractivity contribution is 6.31. The van der Waals surface area contributed by atoms with Gasteiger partial charge >= 0.3 is 5.97 Å². The first kappa shape index (κ1) is 11.7. The Bertz CT molecular complexity index is 557. The van der Waals surface area contributed by atoms with Crippen molar-refractivity contribution in [3.05, 3.63) is 35.5 Å². The number of pyridine rings is 1. The zero-order valence-corrected chi connectivity index (χ0v) is 9.74. The quantitative estimate of drug-likeness (QED) is 0.876. The van der Waals surface area contributed by atoms with Crippen molar-refractivity contribution < 1.29 is 9.90 Å². The van der Waals surface area contributed by atoms with Gasteiger partial charge in [0.25, 0.3) is 0 Å². The molecule has 0 spiro atoms. The van der Waals surface area contributed by atoms with E-state index in [4.69, 9.17) is 16.7 Å². The van der Waals surface area contributed by atoms with E-state index in [1.54, 1.807) is 6.20 Å². The van der Waals surface area contributed by atoms with Crippen molar-refractivity contribution in [3.63, 3.8) is 0 Å². The van der Waals surface area contributed by atoms with Crippen molar-refractivity contribution >= 4 is 34.2 Å². The van der Waals surface area contributed by atoms with E-state index in [9.17, 15) is 4.79 Å². The van der Waals surface area contributed by atoms with Crippen LogP contribution in [0.2, 0.25) is 5.02 Å². The van der Waals surface area contributed by atoms with Gasteiger partial charge in [-0.05, 0) is 23.6 Å². The summed E-state index contributed by atoms with van der Waals surface area (Å²) in [5.74, 6) is -0.179. The molecule has 2 aromatic rings. The van der Waals surface area contributed by atoms with Crippen molar-refractivity contribution in [2.24, 2.45) is 0 Å². The van der Waals surface area contributed by atoms with E-state index in [0.29, 0.717) is 17.4 Å². The summed E-state index contributed by atoms with van der Waals surface area (Å²) in [6.45, 7) is 0.341. The fraction of sp³-hybridized carbons (Fsp3) is 0.167. The molecule has 1 aromatic carbocycles. The highest BCUT2D eigenvalue weighted by Gasteiger charge is 2.03. The molecule has 17 heavy (non-hydrogen) atoms. The molecule has 1 aromatic heterocycles. The molecule has 2 N–H and O–H groups in total. The molecule has 0 saturated heterocycles. The Balaban J connectivity index is 2.27. The van der Waals surface area contributed by atoms with Crippen LogP contribution >= 0.6 is 11.6 Å². The second-order valence-electron chi connectivity index (χ2n) is 3.60. The number of hydrogen-bond donors (Lipinski definition) is 2. The van der Waals surface area contributed by atoms with Crippen molar-refractivity contribution in [2.75, 3.05) is 11.9 Å². The third-order valence-electron chi connectivity index (χ3n) is 2.36. The summed E-state index contributed by atoms with van der Waals surface area (Å²) in [6, 6.07) is 7.41. The minimum Gasteiger partial charge on any atom is -0.481 e. The van der Waals surface area contributed by atoms with Gasteiger partial charge in [0.1, 0.15) is 5.82 Å². The summed E-state index contributed by atoms with van der Waals surface area (Å²) >= 11 is 5.93. The fourth-order valence-corrected chi connectivity index (χ4v) is 1.74. The van der Waals surface area contributed by atoms with Gasteiger partial charge in [0.2, 0.25) is 0 Å². The zero-order chi connectivity index (χ0) is 12.3. The fourth-order valence-electron chi connectivity index (χ4n) is 1.57. The molecule has 0 aliphatic rings. The standard InChI is InChI=1S/C12H11ClN2O2/c13-9-2-1-8-3-5-14-12(10(8)7-9)15-6-4-11(16)17/h1-3,5,7H,4,6H2,(H,14,15)(H,16,17). The van der Waals surface area contributed by atoms with Gasteiger partial charge in [-0.2, -0.15) is 0 Å². The van der Waals surface area contributed by atoms with E-state index in [1.807, 2.05) is 24.3 Å². The molecule has 0 unspecified atom stereocenters. The third kappa shape index (κ3) is 2.85. The Morgan fingerprint density at radius 2 is 2.24 bits per heavy atom. The molecule has 0 fully saturated rings. The maximum atomic E-state index is 10.4. The van der Waals surface area contributed by atoms with Crippen LogP contribution in [0.4, 0.5) is 5.82 Å². The molecular formula is C12H11ClN2O2. The van der Waals surface area contributed by atoms with Crippen LogP contribution < -0.4 is 5.32 Å². The first-order valence-corrected chi connectivity index (χ1v) is 5.54. The molecule has 4 nitrogen and oxygen atoms in total. The minimum atomic E-state index is -0.837. The van der Waals surface area contributed by atoms with Gasteiger partial charge in [0.15, 0.2) is 0 Å². The molecule has 88 valence electrons. The number of aliphatic carboxylic acids is 1. The lowest BCUT2D eigenvalue weighted by molar-refractivity contribution is -0.136. The number of nitrogens with zero attached hydrogens (tertiary/aromatic N) is 1. The topological polar surface area (TPSA) is 62.2 Å². The Morgan fingerprint density at radius 1 is 1.41 bits per heavy atom. The third-order valence-corrected chi connectivity index (χ3v) is 2.59. The molecule has 0 amide bonds. The maximum absolute atomic E-state index is 10.4. The van der Waals surface area contributed by atoms with E-state index in [0.717, 1.165) is 10.8 Å². The van der Waals surface area contributed by atoms with Gasteiger partial charge in [-0.25, -0.2) is 4.98 Å². The van der Waals surface area contributed by atoms with Crippen LogP contribution in [-0.2, 0) is 4.79 Å². The van der Waals surface area contributed by atoms with Gasteiger partial charge < -0.3 is 10.4 Å². The molecule has 0 aliphatic carbocycles. The van der Waals surface area contributed by atoms with Gasteiger partial charge in [-0.15, -0.1) is 0 Å². The molecule has 0 saturated carbocycles. The lowest BCUT2D eigenvalue weighted by Crippen LogP contribution is -2.08. The number of rotatable bonds is 4. The van der Waals surface area contributed by atoms with Crippen LogP contribution in [0.1, 0.15) is 6.42 Å². The average molecular weight is 251 g/mol. The van der Waals surface area contributed by atoms with Gasteiger partial charge in [-0.3, -0.25) is 4.79 Å². The highest BCUT2D eigenvalue weighted by Crippen LogP contribution is 2.24. The molecule has 0 bridgehead atoms. The van der Waals surface area contributed by atoms with Crippen molar-refractivity contribution in [1.82, 2.24) is 4.98 Å². The predicted molar refractivity (Wildman–Crippen MR) is 67.5 cm³/mol. The second-order valence-corrected chi connectivity index (χ2v) is 4.03. The van der Waals surface area contributed by atoms with Crippen LogP contribution in [0.5, 0.6) is 0 Å². The number of anilines is 1. The van der Waals surface area contributed by atoms with Crippen LogP contribution in [0.3, 0.4) is 0 Å². The number of aromatic nitrogens is 1. The van der Waals surface area contributed by atoms with E-state index in [1.165, 1.54) is 0 Å². The number of carboxylic acid groups (broad SMARTS) is 1. The van der Waals surface area contributed by atoms with Gasteiger partial charge in [-0.1, -0.05) is 17.7 Å². The van der Waals surface area contributed by atoms with Crippen molar-refractivity contribution in [2.45, 2.75) is 6.42 Å². The summed E-state index contributed by atoms with van der Waals surface area (Å²) < 4.78 is 0. The molecule has 2 rings (SSSR count). The molecule has 0 atom stereocenters. The van der Waals surface area contributed by atoms with E-state index < -0.39 is 5.97 Å². The highest BCUT2D eigenvalue weighted by atomic mass is 35.5. The Hall–Kier alpha value is -1.81. The first-order chi connectivity index (χ1) is 8.16. The van der Waals surface area contributed by atoms with E-state index in [2.05, 4.69) is 10.3 Å². The number of carbonyl (C=O) groups is 1. The average Bonchev–Trinajstić information content (AvgIpc) is 2.29. The summed E-state index contributed by atoms with van der Waals surface area (Å²) in [7, 11) is 0. The predicted octanol–water partition coefficient (Wildman–Crippen LogP) is 2.77. The number of carboxylic acids is 1. The van der Waals surface area contributed by atoms with Crippen LogP contribution in [0, 0.1) is 0 Å². The molecule has 5 heteroatoms. The summed E-state index contributed by atoms with van der Waals surface area (Å²) in [5, 5.41) is 14.1. The summed E-state index contributed by atoms with van der Waals surface area (Å²) in [4.78, 5) is 14.6. The molecular weight excluding hydrogens is 240 g/mol. The summed E-state index contributed by atoms with van der Waals surface area (Å²) in [6.07, 6.45) is 1.73. The largest absolute Gasteiger partial charge is 0.481 e. The normalized spacial score (nSPS) is 10.4. The molecule has 0 radical (unpaired) electrons. The molecule has 0 aliphatic heterocycles. The second kappa shape index (κ2) is 5.01. The van der Waals surface area contributed by atoms with E-state index in [-0.39, 0.29) is 6.42 Å². The molecule has 1 heterocycles. The van der Waals surface area contributed by atoms with Crippen LogP contribution in [0.25, 0.3) is 10.8 Å². The number of halogens is 1. The summed E-state index contributed by atoms with van der Waals surface area (Å²) in [5.41, 5.74) is 0. The van der Waals surface area contributed by atoms with Crippen LogP contribution in [0.15, 0.2) is 30.5 Å². The lowest BCUT2D eigenvalue weighted by atomic mass is 10.1. The maximum Gasteiger partial charge on any atom is 0.305 e. The Morgan fingerprint density at radius 3 is 3.00 bits per heavy atom. The SMILES string of the molecule is O=C(O)CCNc1nccc2ccc(Cl)cc12. The van der Waals surface area contributed by atoms with E-state index >= 15 is 0 Å². The monoisotopic (exact) mass is 250 g/mol. The first-order valence-electron chi connectivity index (χ1n) is 5.17. The number of hydrogen-bond acceptors (Lipinski definition) is 3. The number of benzene rings is 1. The lowest BCUT2D eigenvalue weighted by Gasteiger charge is -2.07. The Labute approximate surface area is 103 Å².